The molecule has 1 heterocycles. The molecule has 1 amide bonds. The molecule has 1 fully saturated rings. The van der Waals surface area contributed by atoms with Crippen LogP contribution in [-0.2, 0) is 4.79 Å². The van der Waals surface area contributed by atoms with Gasteiger partial charge in [0, 0.05) is 25.7 Å². The fourth-order valence-electron chi connectivity index (χ4n) is 2.46. The van der Waals surface area contributed by atoms with Crippen LogP contribution < -0.4 is 10.1 Å². The zero-order valence-corrected chi connectivity index (χ0v) is 13.1. The van der Waals surface area contributed by atoms with Gasteiger partial charge in [0.2, 0.25) is 5.91 Å². The van der Waals surface area contributed by atoms with Crippen LogP contribution in [0.25, 0.3) is 0 Å². The highest BCUT2D eigenvalue weighted by Gasteiger charge is 2.25. The summed E-state index contributed by atoms with van der Waals surface area (Å²) in [7, 11) is 1.64. The number of hydrogen-bond acceptors (Lipinski definition) is 3. The summed E-state index contributed by atoms with van der Waals surface area (Å²) < 4.78 is 5.21. The largest absolute Gasteiger partial charge is 0.497 e. The highest BCUT2D eigenvalue weighted by Crippen LogP contribution is 2.22. The minimum atomic E-state index is -0.125. The fraction of sp³-hybridized carbons (Fsp3) is 0.533. The molecule has 1 N–H and O–H groups in total. The molecule has 20 heavy (non-hydrogen) atoms. The van der Waals surface area contributed by atoms with Gasteiger partial charge in [0.25, 0.3) is 0 Å². The fourth-order valence-corrected chi connectivity index (χ4v) is 2.46. The molecular weight excluding hydrogens is 276 g/mol. The van der Waals surface area contributed by atoms with Gasteiger partial charge in [-0.15, -0.1) is 12.4 Å². The molecular formula is C15H23ClN2O2. The molecule has 0 bridgehead atoms. The maximum absolute atomic E-state index is 12.5. The Morgan fingerprint density at radius 3 is 2.90 bits per heavy atom. The van der Waals surface area contributed by atoms with Gasteiger partial charge in [-0.3, -0.25) is 4.79 Å². The van der Waals surface area contributed by atoms with Crippen LogP contribution in [0.3, 0.4) is 0 Å². The predicted octanol–water partition coefficient (Wildman–Crippen LogP) is 2.04. The summed E-state index contributed by atoms with van der Waals surface area (Å²) in [6, 6.07) is 8.12. The number of methoxy groups -OCH3 is 1. The molecule has 2 unspecified atom stereocenters. The van der Waals surface area contributed by atoms with E-state index in [9.17, 15) is 4.79 Å². The highest BCUT2D eigenvalue weighted by atomic mass is 35.5. The van der Waals surface area contributed by atoms with Gasteiger partial charge in [0.1, 0.15) is 5.75 Å². The van der Waals surface area contributed by atoms with Gasteiger partial charge >= 0.3 is 0 Å². The first-order valence-electron chi connectivity index (χ1n) is 6.78. The Bertz CT molecular complexity index is 453. The lowest BCUT2D eigenvalue weighted by atomic mass is 9.99. The summed E-state index contributed by atoms with van der Waals surface area (Å²) in [5.74, 6) is 0.868. The number of nitrogens with one attached hydrogen (secondary N) is 1. The van der Waals surface area contributed by atoms with E-state index in [1.807, 2.05) is 36.1 Å². The second kappa shape index (κ2) is 7.50. The van der Waals surface area contributed by atoms with E-state index in [-0.39, 0.29) is 24.2 Å². The molecule has 1 aliphatic heterocycles. The van der Waals surface area contributed by atoms with Crippen LogP contribution in [0.2, 0.25) is 0 Å². The van der Waals surface area contributed by atoms with E-state index in [0.29, 0.717) is 6.04 Å². The van der Waals surface area contributed by atoms with E-state index in [1.165, 1.54) is 0 Å². The molecule has 1 aromatic rings. The molecule has 0 aromatic heterocycles. The van der Waals surface area contributed by atoms with Crippen molar-refractivity contribution < 1.29 is 9.53 Å². The topological polar surface area (TPSA) is 41.6 Å². The van der Waals surface area contributed by atoms with E-state index in [4.69, 9.17) is 4.74 Å². The minimum absolute atomic E-state index is 0. The molecule has 1 saturated heterocycles. The smallest absolute Gasteiger partial charge is 0.229 e. The first-order chi connectivity index (χ1) is 9.11. The molecule has 112 valence electrons. The lowest BCUT2D eigenvalue weighted by molar-refractivity contribution is -0.133. The third-order valence-corrected chi connectivity index (χ3v) is 3.64. The first-order valence-corrected chi connectivity index (χ1v) is 6.78. The van der Waals surface area contributed by atoms with Crippen LogP contribution in [0, 0.1) is 0 Å². The molecule has 1 aromatic carbocycles. The van der Waals surface area contributed by atoms with Crippen molar-refractivity contribution >= 4 is 18.3 Å². The van der Waals surface area contributed by atoms with Gasteiger partial charge in [-0.2, -0.15) is 0 Å². The van der Waals surface area contributed by atoms with E-state index in [2.05, 4.69) is 12.2 Å². The Kier molecular flexibility index (Phi) is 6.30. The quantitative estimate of drug-likeness (QED) is 0.928. The van der Waals surface area contributed by atoms with Crippen molar-refractivity contribution in [3.8, 4) is 5.75 Å². The number of carbonyl (C=O) groups excluding carboxylic acids is 1. The third-order valence-electron chi connectivity index (χ3n) is 3.64. The molecule has 4 nitrogen and oxygen atoms in total. The number of amides is 1. The SMILES string of the molecule is COc1cccc(C(C)C(=O)N2CCNC(C)C2)c1.Cl. The maximum atomic E-state index is 12.5. The normalized spacial score (nSPS) is 19.9. The van der Waals surface area contributed by atoms with E-state index >= 15 is 0 Å². The summed E-state index contributed by atoms with van der Waals surface area (Å²) in [6.45, 7) is 6.52. The molecule has 0 radical (unpaired) electrons. The summed E-state index contributed by atoms with van der Waals surface area (Å²) in [5.41, 5.74) is 1.01. The van der Waals surface area contributed by atoms with Crippen LogP contribution in [0.15, 0.2) is 24.3 Å². The zero-order chi connectivity index (χ0) is 13.8. The number of nitrogens with zero attached hydrogens (tertiary/aromatic N) is 1. The lowest BCUT2D eigenvalue weighted by Gasteiger charge is -2.33. The Balaban J connectivity index is 0.00000200. The average Bonchev–Trinajstić information content (AvgIpc) is 2.45. The zero-order valence-electron chi connectivity index (χ0n) is 12.3. The number of halogens is 1. The van der Waals surface area contributed by atoms with Gasteiger partial charge < -0.3 is 15.0 Å². The monoisotopic (exact) mass is 298 g/mol. The molecule has 2 atom stereocenters. The summed E-state index contributed by atoms with van der Waals surface area (Å²) in [6.07, 6.45) is 0. The molecule has 0 aliphatic carbocycles. The molecule has 0 saturated carbocycles. The molecule has 0 spiro atoms. The van der Waals surface area contributed by atoms with Crippen molar-refractivity contribution in [3.05, 3.63) is 29.8 Å². The average molecular weight is 299 g/mol. The number of ether oxygens (including phenoxy) is 1. The Labute approximate surface area is 126 Å². The predicted molar refractivity (Wildman–Crippen MR) is 82.7 cm³/mol. The maximum Gasteiger partial charge on any atom is 0.229 e. The van der Waals surface area contributed by atoms with Crippen LogP contribution in [0.5, 0.6) is 5.75 Å². The van der Waals surface area contributed by atoms with Crippen molar-refractivity contribution in [2.45, 2.75) is 25.8 Å². The lowest BCUT2D eigenvalue weighted by Crippen LogP contribution is -2.52. The number of hydrogen-bond donors (Lipinski definition) is 1. The highest BCUT2D eigenvalue weighted by molar-refractivity contribution is 5.85. The van der Waals surface area contributed by atoms with Crippen LogP contribution >= 0.6 is 12.4 Å². The second-order valence-electron chi connectivity index (χ2n) is 5.14. The third kappa shape index (κ3) is 3.87. The van der Waals surface area contributed by atoms with E-state index in [0.717, 1.165) is 30.9 Å². The Morgan fingerprint density at radius 2 is 2.25 bits per heavy atom. The van der Waals surface area contributed by atoms with Gasteiger partial charge in [-0.05, 0) is 31.5 Å². The minimum Gasteiger partial charge on any atom is -0.497 e. The van der Waals surface area contributed by atoms with Crippen molar-refractivity contribution in [3.63, 3.8) is 0 Å². The molecule has 1 aliphatic rings. The molecule has 2 rings (SSSR count). The first kappa shape index (κ1) is 16.8. The Morgan fingerprint density at radius 1 is 1.50 bits per heavy atom. The van der Waals surface area contributed by atoms with Gasteiger partial charge in [-0.1, -0.05) is 12.1 Å². The van der Waals surface area contributed by atoms with Crippen molar-refractivity contribution in [1.29, 1.82) is 0 Å². The van der Waals surface area contributed by atoms with Crippen LogP contribution in [-0.4, -0.2) is 43.6 Å². The van der Waals surface area contributed by atoms with Crippen molar-refractivity contribution in [2.75, 3.05) is 26.7 Å². The summed E-state index contributed by atoms with van der Waals surface area (Å²) >= 11 is 0. The Hall–Kier alpha value is -1.26. The van der Waals surface area contributed by atoms with Crippen molar-refractivity contribution in [2.24, 2.45) is 0 Å². The van der Waals surface area contributed by atoms with Crippen molar-refractivity contribution in [1.82, 2.24) is 10.2 Å². The number of benzene rings is 1. The van der Waals surface area contributed by atoms with Gasteiger partial charge in [0.15, 0.2) is 0 Å². The van der Waals surface area contributed by atoms with E-state index in [1.54, 1.807) is 7.11 Å². The number of rotatable bonds is 3. The standard InChI is InChI=1S/C15H22N2O2.ClH/c1-11-10-17(8-7-16-11)15(18)12(2)13-5-4-6-14(9-13)19-3;/h4-6,9,11-12,16H,7-8,10H2,1-3H3;1H. The second-order valence-corrected chi connectivity index (χ2v) is 5.14. The van der Waals surface area contributed by atoms with E-state index < -0.39 is 0 Å². The number of carbonyl (C=O) groups is 1. The molecule has 5 heteroatoms. The van der Waals surface area contributed by atoms with Crippen LogP contribution in [0.1, 0.15) is 25.3 Å². The summed E-state index contributed by atoms with van der Waals surface area (Å²) in [4.78, 5) is 14.5. The van der Waals surface area contributed by atoms with Crippen LogP contribution in [0.4, 0.5) is 0 Å². The number of piperazine rings is 1. The van der Waals surface area contributed by atoms with Gasteiger partial charge in [0.05, 0.1) is 13.0 Å². The van der Waals surface area contributed by atoms with Gasteiger partial charge in [-0.25, -0.2) is 0 Å². The summed E-state index contributed by atoms with van der Waals surface area (Å²) in [5, 5.41) is 3.35.